The number of aryl methyl sites for hydroxylation is 2. The van der Waals surface area contributed by atoms with Crippen LogP contribution >= 0.6 is 0 Å². The van der Waals surface area contributed by atoms with Crippen molar-refractivity contribution in [1.29, 1.82) is 0 Å². The minimum absolute atomic E-state index is 0.0289. The lowest BCUT2D eigenvalue weighted by molar-refractivity contribution is -0.124. The Morgan fingerprint density at radius 3 is 2.32 bits per heavy atom. The topological polar surface area (TPSA) is 85.4 Å². The van der Waals surface area contributed by atoms with Crippen LogP contribution in [-0.4, -0.2) is 35.9 Å². The van der Waals surface area contributed by atoms with Crippen LogP contribution in [-0.2, 0) is 30.6 Å². The molecule has 1 saturated heterocycles. The summed E-state index contributed by atoms with van der Waals surface area (Å²) in [6.07, 6.45) is 7.61. The Labute approximate surface area is 243 Å². The molecule has 0 spiro atoms. The van der Waals surface area contributed by atoms with Gasteiger partial charge in [0.1, 0.15) is 6.23 Å². The first kappa shape index (κ1) is 26.8. The Balaban J connectivity index is 0.955. The molecule has 3 aromatic carbocycles. The monoisotopic (exact) mass is 550 g/mol. The highest BCUT2D eigenvalue weighted by molar-refractivity contribution is 5.83. The van der Waals surface area contributed by atoms with Crippen molar-refractivity contribution in [2.45, 2.75) is 94.2 Å². The van der Waals surface area contributed by atoms with E-state index >= 15 is 0 Å². The number of nitrogens with one attached hydrogen (secondary N) is 4. The maximum absolute atomic E-state index is 13.3. The maximum Gasteiger partial charge on any atom is 0.237 e. The van der Waals surface area contributed by atoms with Crippen LogP contribution in [0.25, 0.3) is 0 Å². The van der Waals surface area contributed by atoms with E-state index in [0.717, 1.165) is 51.5 Å². The standard InChI is InChI=1S/C35H42N4O2/c40-34(38-30-13-5-9-22-7-1-3-11-28(22)30)32-18-25-16-15-24(17-26(25)20-36-32)27-19-33(37-21-27)35(41)39-31-14-6-10-23-8-2-4-12-29(23)31/h1-4,7-8,11-12,15-17,27,30-33,35-37,39,41H,5-6,9-10,13-14,18-21H2,(H,38,40)/t27?,30?,31-,32+,33+,35?/m1/s1. The number of benzene rings is 3. The number of amides is 1. The molecule has 6 nitrogen and oxygen atoms in total. The Morgan fingerprint density at radius 2 is 1.54 bits per heavy atom. The second kappa shape index (κ2) is 11.7. The Kier molecular flexibility index (Phi) is 7.65. The van der Waals surface area contributed by atoms with E-state index in [1.807, 2.05) is 0 Å². The van der Waals surface area contributed by atoms with E-state index in [0.29, 0.717) is 18.9 Å². The largest absolute Gasteiger partial charge is 0.377 e. The first-order valence-corrected chi connectivity index (χ1v) is 15.6. The Morgan fingerprint density at radius 1 is 0.829 bits per heavy atom. The second-order valence-corrected chi connectivity index (χ2v) is 12.5. The lowest BCUT2D eigenvalue weighted by Crippen LogP contribution is -2.48. The van der Waals surface area contributed by atoms with E-state index in [-0.39, 0.29) is 30.1 Å². The molecule has 214 valence electrons. The van der Waals surface area contributed by atoms with Crippen molar-refractivity contribution in [2.24, 2.45) is 0 Å². The molecule has 5 N–H and O–H groups in total. The number of hydrogen-bond acceptors (Lipinski definition) is 5. The molecular weight excluding hydrogens is 508 g/mol. The summed E-state index contributed by atoms with van der Waals surface area (Å²) in [5, 5.41) is 25.1. The zero-order chi connectivity index (χ0) is 27.8. The molecule has 1 amide bonds. The van der Waals surface area contributed by atoms with E-state index in [9.17, 15) is 9.90 Å². The summed E-state index contributed by atoms with van der Waals surface area (Å²) >= 11 is 0. The van der Waals surface area contributed by atoms with Gasteiger partial charge in [-0.2, -0.15) is 0 Å². The molecule has 3 aromatic rings. The van der Waals surface area contributed by atoms with Crippen molar-refractivity contribution in [3.8, 4) is 0 Å². The SMILES string of the molecule is O=C(NC1CCCc2ccccc21)[C@@H]1Cc2ccc(C3CN[C@H](C(O)N[C@@H]4CCCc5ccccc54)C3)cc2CN1. The summed E-state index contributed by atoms with van der Waals surface area (Å²) in [6.45, 7) is 1.57. The van der Waals surface area contributed by atoms with Crippen molar-refractivity contribution in [1.82, 2.24) is 21.3 Å². The van der Waals surface area contributed by atoms with Crippen LogP contribution in [0.2, 0.25) is 0 Å². The normalized spacial score (nSPS) is 27.8. The molecule has 7 rings (SSSR count). The van der Waals surface area contributed by atoms with Crippen molar-refractivity contribution in [2.75, 3.05) is 6.54 Å². The van der Waals surface area contributed by atoms with E-state index in [1.54, 1.807) is 0 Å². The molecule has 0 aromatic heterocycles. The van der Waals surface area contributed by atoms with Crippen LogP contribution in [0, 0.1) is 0 Å². The molecule has 1 fully saturated rings. The highest BCUT2D eigenvalue weighted by atomic mass is 16.3. The van der Waals surface area contributed by atoms with Crippen LogP contribution in [0.1, 0.15) is 89.0 Å². The zero-order valence-corrected chi connectivity index (χ0v) is 23.7. The fourth-order valence-electron chi connectivity index (χ4n) is 7.66. The van der Waals surface area contributed by atoms with Crippen LogP contribution in [0.15, 0.2) is 66.7 Å². The number of carbonyl (C=O) groups is 1. The van der Waals surface area contributed by atoms with Crippen molar-refractivity contribution < 1.29 is 9.90 Å². The van der Waals surface area contributed by atoms with Gasteiger partial charge in [0, 0.05) is 25.2 Å². The number of rotatable bonds is 6. The Bertz CT molecular complexity index is 1410. The lowest BCUT2D eigenvalue weighted by atomic mass is 9.86. The predicted octanol–water partition coefficient (Wildman–Crippen LogP) is 4.33. The summed E-state index contributed by atoms with van der Waals surface area (Å²) in [6, 6.07) is 24.1. The molecule has 6 atom stereocenters. The molecule has 0 radical (unpaired) electrons. The molecular formula is C35H42N4O2. The van der Waals surface area contributed by atoms with Gasteiger partial charge in [-0.1, -0.05) is 66.7 Å². The van der Waals surface area contributed by atoms with Crippen molar-refractivity contribution in [3.05, 3.63) is 106 Å². The molecule has 0 saturated carbocycles. The molecule has 0 bridgehead atoms. The molecule has 2 aliphatic carbocycles. The van der Waals surface area contributed by atoms with Crippen LogP contribution < -0.4 is 21.3 Å². The molecule has 6 heteroatoms. The number of carbonyl (C=O) groups excluding carboxylic acids is 1. The molecule has 4 aliphatic rings. The first-order chi connectivity index (χ1) is 20.1. The highest BCUT2D eigenvalue weighted by Crippen LogP contribution is 2.33. The lowest BCUT2D eigenvalue weighted by Gasteiger charge is -2.31. The van der Waals surface area contributed by atoms with Gasteiger partial charge in [-0.05, 0) is 96.2 Å². The Hall–Kier alpha value is -3.03. The minimum Gasteiger partial charge on any atom is -0.377 e. The van der Waals surface area contributed by atoms with Gasteiger partial charge in [-0.3, -0.25) is 10.1 Å². The highest BCUT2D eigenvalue weighted by Gasteiger charge is 2.34. The van der Waals surface area contributed by atoms with E-state index in [4.69, 9.17) is 0 Å². The number of fused-ring (bicyclic) bond motifs is 3. The van der Waals surface area contributed by atoms with Gasteiger partial charge in [-0.25, -0.2) is 0 Å². The van der Waals surface area contributed by atoms with Crippen molar-refractivity contribution >= 4 is 5.91 Å². The number of aliphatic hydroxyl groups is 1. The van der Waals surface area contributed by atoms with Gasteiger partial charge in [0.2, 0.25) is 5.91 Å². The van der Waals surface area contributed by atoms with Crippen LogP contribution in [0.3, 0.4) is 0 Å². The second-order valence-electron chi connectivity index (χ2n) is 12.5. The summed E-state index contributed by atoms with van der Waals surface area (Å²) in [5.74, 6) is 0.471. The van der Waals surface area contributed by atoms with Crippen molar-refractivity contribution in [3.63, 3.8) is 0 Å². The summed E-state index contributed by atoms with van der Waals surface area (Å²) < 4.78 is 0. The third-order valence-corrected chi connectivity index (χ3v) is 9.95. The fourth-order valence-corrected chi connectivity index (χ4v) is 7.66. The van der Waals surface area contributed by atoms with Gasteiger partial charge in [0.25, 0.3) is 0 Å². The number of aliphatic hydroxyl groups excluding tert-OH is 1. The van der Waals surface area contributed by atoms with E-state index in [2.05, 4.69) is 88.0 Å². The smallest absolute Gasteiger partial charge is 0.237 e. The first-order valence-electron chi connectivity index (χ1n) is 15.6. The fraction of sp³-hybridized carbons (Fsp3) is 0.457. The van der Waals surface area contributed by atoms with Gasteiger partial charge >= 0.3 is 0 Å². The zero-order valence-electron chi connectivity index (χ0n) is 23.7. The quantitative estimate of drug-likeness (QED) is 0.295. The van der Waals surface area contributed by atoms with Gasteiger partial charge in [-0.15, -0.1) is 0 Å². The summed E-state index contributed by atoms with van der Waals surface area (Å²) in [7, 11) is 0. The number of hydrogen-bond donors (Lipinski definition) is 5. The van der Waals surface area contributed by atoms with Gasteiger partial charge in [0.15, 0.2) is 0 Å². The van der Waals surface area contributed by atoms with Crippen LogP contribution in [0.5, 0.6) is 0 Å². The van der Waals surface area contributed by atoms with Gasteiger partial charge < -0.3 is 21.1 Å². The molecule has 2 aliphatic heterocycles. The third kappa shape index (κ3) is 5.59. The average molecular weight is 551 g/mol. The average Bonchev–Trinajstić information content (AvgIpc) is 3.52. The third-order valence-electron chi connectivity index (χ3n) is 9.95. The molecule has 41 heavy (non-hydrogen) atoms. The minimum atomic E-state index is -0.578. The molecule has 2 heterocycles. The summed E-state index contributed by atoms with van der Waals surface area (Å²) in [4.78, 5) is 13.3. The maximum atomic E-state index is 13.3. The van der Waals surface area contributed by atoms with Gasteiger partial charge in [0.05, 0.1) is 12.1 Å². The molecule has 3 unspecified atom stereocenters. The van der Waals surface area contributed by atoms with Crippen LogP contribution in [0.4, 0.5) is 0 Å². The predicted molar refractivity (Wildman–Crippen MR) is 161 cm³/mol. The van der Waals surface area contributed by atoms with E-state index < -0.39 is 6.23 Å². The summed E-state index contributed by atoms with van der Waals surface area (Å²) in [5.41, 5.74) is 9.25. The van der Waals surface area contributed by atoms with E-state index in [1.165, 1.54) is 38.9 Å².